The van der Waals surface area contributed by atoms with E-state index in [1.54, 1.807) is 12.1 Å². The van der Waals surface area contributed by atoms with Crippen LogP contribution in [0.1, 0.15) is 5.56 Å². The van der Waals surface area contributed by atoms with Gasteiger partial charge in [-0.15, -0.1) is 0 Å². The summed E-state index contributed by atoms with van der Waals surface area (Å²) in [4.78, 5) is 12.8. The van der Waals surface area contributed by atoms with Crippen molar-refractivity contribution in [1.29, 1.82) is 0 Å². The van der Waals surface area contributed by atoms with Crippen molar-refractivity contribution in [2.45, 2.75) is 6.92 Å². The third-order valence-corrected chi connectivity index (χ3v) is 4.61. The summed E-state index contributed by atoms with van der Waals surface area (Å²) in [5.41, 5.74) is 5.49. The number of aromatic amines is 1. The van der Waals surface area contributed by atoms with E-state index in [9.17, 15) is 5.11 Å². The summed E-state index contributed by atoms with van der Waals surface area (Å²) in [7, 11) is 0. The van der Waals surface area contributed by atoms with Crippen LogP contribution in [-0.4, -0.2) is 15.1 Å². The van der Waals surface area contributed by atoms with Gasteiger partial charge in [0.05, 0.1) is 22.3 Å². The van der Waals surface area contributed by atoms with Gasteiger partial charge in [-0.2, -0.15) is 0 Å². The van der Waals surface area contributed by atoms with Crippen LogP contribution in [0.15, 0.2) is 82.2 Å². The normalized spacial score (nSPS) is 12.1. The molecule has 0 bridgehead atoms. The predicted molar refractivity (Wildman–Crippen MR) is 109 cm³/mol. The Balaban J connectivity index is 1.82. The summed E-state index contributed by atoms with van der Waals surface area (Å²) in [6, 6.07) is 22.8. The first-order chi connectivity index (χ1) is 13.7. The largest absolute Gasteiger partial charge is 0.508 e. The molecule has 2 N–H and O–H groups in total. The number of H-pyrrole nitrogens is 1. The lowest BCUT2D eigenvalue weighted by Crippen LogP contribution is -2.06. The molecule has 0 spiro atoms. The van der Waals surface area contributed by atoms with E-state index >= 15 is 0 Å². The van der Waals surface area contributed by atoms with Gasteiger partial charge in [0.15, 0.2) is 0 Å². The van der Waals surface area contributed by atoms with Crippen molar-refractivity contribution in [3.63, 3.8) is 0 Å². The molecule has 0 atom stereocenters. The van der Waals surface area contributed by atoms with Gasteiger partial charge in [0.25, 0.3) is 0 Å². The highest BCUT2D eigenvalue weighted by atomic mass is 16.3. The van der Waals surface area contributed by atoms with Gasteiger partial charge in [-0.25, -0.2) is 9.98 Å². The van der Waals surface area contributed by atoms with Gasteiger partial charge in [0.1, 0.15) is 17.2 Å². The lowest BCUT2D eigenvalue weighted by Gasteiger charge is -2.04. The smallest absolute Gasteiger partial charge is 0.230 e. The zero-order chi connectivity index (χ0) is 19.1. The van der Waals surface area contributed by atoms with Crippen LogP contribution in [0, 0.1) is 6.92 Å². The minimum atomic E-state index is 0.147. The zero-order valence-corrected chi connectivity index (χ0v) is 15.2. The Morgan fingerprint density at radius 3 is 2.71 bits per heavy atom. The summed E-state index contributed by atoms with van der Waals surface area (Å²) < 4.78 is 6.08. The number of hydrogen-bond donors (Lipinski definition) is 2. The second kappa shape index (κ2) is 6.39. The van der Waals surface area contributed by atoms with Crippen molar-refractivity contribution in [2.24, 2.45) is 4.99 Å². The average Bonchev–Trinajstić information content (AvgIpc) is 3.11. The summed E-state index contributed by atoms with van der Waals surface area (Å²) >= 11 is 0. The van der Waals surface area contributed by atoms with E-state index in [0.29, 0.717) is 17.0 Å². The molecule has 0 aliphatic rings. The molecule has 5 heteroatoms. The molecular weight excluding hydrogens is 350 g/mol. The summed E-state index contributed by atoms with van der Waals surface area (Å²) in [5, 5.41) is 10.7. The summed E-state index contributed by atoms with van der Waals surface area (Å²) in [6.07, 6.45) is 0. The van der Waals surface area contributed by atoms with Crippen LogP contribution >= 0.6 is 0 Å². The summed E-state index contributed by atoms with van der Waals surface area (Å²) in [5.74, 6) is 0.834. The molecule has 0 unspecified atom stereocenters. The minimum absolute atomic E-state index is 0.147. The molecule has 28 heavy (non-hydrogen) atoms. The van der Waals surface area contributed by atoms with Crippen LogP contribution < -0.4 is 5.55 Å². The molecule has 0 saturated heterocycles. The molecular formula is C23H17N3O2. The molecule has 0 aliphatic carbocycles. The van der Waals surface area contributed by atoms with Gasteiger partial charge in [-0.1, -0.05) is 24.3 Å². The number of rotatable bonds is 2. The lowest BCUT2D eigenvalue weighted by molar-refractivity contribution is 0.472. The van der Waals surface area contributed by atoms with Crippen molar-refractivity contribution >= 4 is 27.7 Å². The third kappa shape index (κ3) is 2.93. The number of fused-ring (bicyclic) bond motifs is 2. The Morgan fingerprint density at radius 2 is 1.86 bits per heavy atom. The zero-order valence-electron chi connectivity index (χ0n) is 15.2. The van der Waals surface area contributed by atoms with Gasteiger partial charge in [0, 0.05) is 11.5 Å². The number of aromatic nitrogens is 2. The number of nitrogens with zero attached hydrogens (tertiary/aromatic N) is 2. The number of para-hydroxylation sites is 2. The maximum atomic E-state index is 9.82. The molecule has 5 rings (SSSR count). The SMILES string of the molecule is Cc1cccc(N=c2oc3cc(O)ccc3cc2-c2nc3ccccc3[nH]2)c1. The van der Waals surface area contributed by atoms with Crippen LogP contribution in [0.25, 0.3) is 33.4 Å². The number of phenolic OH excluding ortho intramolecular Hbond substituents is 1. The molecule has 0 amide bonds. The second-order valence-corrected chi connectivity index (χ2v) is 6.74. The fraction of sp³-hybridized carbons (Fsp3) is 0.0435. The average molecular weight is 367 g/mol. The molecule has 0 saturated carbocycles. The predicted octanol–water partition coefficient (Wildman–Crippen LogP) is 5.22. The fourth-order valence-electron chi connectivity index (χ4n) is 3.25. The maximum Gasteiger partial charge on any atom is 0.230 e. The number of aromatic hydroxyl groups is 1. The lowest BCUT2D eigenvalue weighted by atomic mass is 10.1. The molecule has 2 heterocycles. The first-order valence-electron chi connectivity index (χ1n) is 8.99. The summed E-state index contributed by atoms with van der Waals surface area (Å²) in [6.45, 7) is 2.02. The van der Waals surface area contributed by atoms with Crippen LogP contribution in [0.3, 0.4) is 0 Å². The Labute approximate surface area is 160 Å². The Bertz CT molecular complexity index is 1360. The molecule has 136 valence electrons. The first kappa shape index (κ1) is 16.3. The molecule has 2 aromatic heterocycles. The molecule has 3 aromatic carbocycles. The van der Waals surface area contributed by atoms with Gasteiger partial charge in [-0.05, 0) is 55.0 Å². The standard InChI is InChI=1S/C23H17N3O2/c1-14-5-4-6-16(11-14)24-23-18(12-15-9-10-17(27)13-21(15)28-23)22-25-19-7-2-3-8-20(19)26-22/h2-13,27H,1H3,(H,25,26). The van der Waals surface area contributed by atoms with E-state index in [-0.39, 0.29) is 5.75 Å². The number of aryl methyl sites for hydroxylation is 1. The molecule has 0 fully saturated rings. The maximum absolute atomic E-state index is 9.82. The molecule has 5 nitrogen and oxygen atoms in total. The van der Waals surface area contributed by atoms with Crippen molar-refractivity contribution in [3.8, 4) is 17.1 Å². The van der Waals surface area contributed by atoms with E-state index in [4.69, 9.17) is 14.4 Å². The van der Waals surface area contributed by atoms with Crippen LogP contribution in [0.4, 0.5) is 5.69 Å². The van der Waals surface area contributed by atoms with Crippen LogP contribution in [-0.2, 0) is 0 Å². The Morgan fingerprint density at radius 1 is 0.964 bits per heavy atom. The van der Waals surface area contributed by atoms with Crippen LogP contribution in [0.2, 0.25) is 0 Å². The highest BCUT2D eigenvalue weighted by Gasteiger charge is 2.12. The van der Waals surface area contributed by atoms with Gasteiger partial charge < -0.3 is 14.5 Å². The third-order valence-electron chi connectivity index (χ3n) is 4.61. The van der Waals surface area contributed by atoms with Crippen LogP contribution in [0.5, 0.6) is 5.75 Å². The van der Waals surface area contributed by atoms with Crippen molar-refractivity contribution in [1.82, 2.24) is 9.97 Å². The Kier molecular flexibility index (Phi) is 3.72. The topological polar surface area (TPSA) is 74.4 Å². The quantitative estimate of drug-likeness (QED) is 0.449. The van der Waals surface area contributed by atoms with Crippen molar-refractivity contribution in [2.75, 3.05) is 0 Å². The van der Waals surface area contributed by atoms with E-state index in [0.717, 1.165) is 33.2 Å². The second-order valence-electron chi connectivity index (χ2n) is 6.74. The van der Waals surface area contributed by atoms with E-state index in [1.165, 1.54) is 0 Å². The van der Waals surface area contributed by atoms with E-state index in [2.05, 4.69) is 4.98 Å². The van der Waals surface area contributed by atoms with E-state index in [1.807, 2.05) is 67.6 Å². The molecule has 0 radical (unpaired) electrons. The fourth-order valence-corrected chi connectivity index (χ4v) is 3.25. The highest BCUT2D eigenvalue weighted by molar-refractivity contribution is 5.84. The number of nitrogens with one attached hydrogen (secondary N) is 1. The first-order valence-corrected chi connectivity index (χ1v) is 8.99. The van der Waals surface area contributed by atoms with Crippen molar-refractivity contribution in [3.05, 3.63) is 83.9 Å². The molecule has 0 aliphatic heterocycles. The van der Waals surface area contributed by atoms with E-state index < -0.39 is 0 Å². The van der Waals surface area contributed by atoms with Gasteiger partial charge in [-0.3, -0.25) is 0 Å². The number of imidazole rings is 1. The molecule has 5 aromatic rings. The Hall–Kier alpha value is -3.86. The monoisotopic (exact) mass is 367 g/mol. The number of phenols is 1. The minimum Gasteiger partial charge on any atom is -0.508 e. The van der Waals surface area contributed by atoms with Crippen molar-refractivity contribution < 1.29 is 9.52 Å². The number of benzene rings is 3. The van der Waals surface area contributed by atoms with Gasteiger partial charge in [0.2, 0.25) is 5.55 Å². The van der Waals surface area contributed by atoms with Gasteiger partial charge >= 0.3 is 0 Å². The number of hydrogen-bond acceptors (Lipinski definition) is 4. The highest BCUT2D eigenvalue weighted by Crippen LogP contribution is 2.25.